The van der Waals surface area contributed by atoms with Crippen molar-refractivity contribution in [3.63, 3.8) is 0 Å². The van der Waals surface area contributed by atoms with Crippen LogP contribution in [0.2, 0.25) is 0 Å². The Hall–Kier alpha value is -1.56. The first-order chi connectivity index (χ1) is 12.8. The Morgan fingerprint density at radius 1 is 1.22 bits per heavy atom. The Labute approximate surface area is 158 Å². The predicted molar refractivity (Wildman–Crippen MR) is 93.0 cm³/mol. The number of carbonyl (C=O) groups is 1. The van der Waals surface area contributed by atoms with Crippen molar-refractivity contribution >= 4 is 16.0 Å². The fraction of sp³-hybridized carbons (Fsp3) is 0.588. The summed E-state index contributed by atoms with van der Waals surface area (Å²) in [4.78, 5) is 11.6. The van der Waals surface area contributed by atoms with E-state index in [0.29, 0.717) is 0 Å². The predicted octanol–water partition coefficient (Wildman–Crippen LogP) is 0.321. The van der Waals surface area contributed by atoms with Crippen LogP contribution in [-0.2, 0) is 38.0 Å². The van der Waals surface area contributed by atoms with Gasteiger partial charge in [-0.05, 0) is 0 Å². The van der Waals surface area contributed by atoms with Crippen molar-refractivity contribution < 1.29 is 36.3 Å². The van der Waals surface area contributed by atoms with Crippen LogP contribution < -0.4 is 5.32 Å². The number of ether oxygens (including phenoxy) is 4. The maximum Gasteiger partial charge on any atom is 0.264 e. The average molecular weight is 401 g/mol. The fourth-order valence-corrected chi connectivity index (χ4v) is 3.89. The maximum atomic E-state index is 11.8. The number of hydrogen-bond donors (Lipinski definition) is 1. The molecular formula is C17H23NO8S. The van der Waals surface area contributed by atoms with E-state index in [9.17, 15) is 13.2 Å². The molecule has 2 saturated heterocycles. The summed E-state index contributed by atoms with van der Waals surface area (Å²) in [7, 11) is -2.44. The van der Waals surface area contributed by atoms with Crippen molar-refractivity contribution in [1.29, 1.82) is 0 Å². The van der Waals surface area contributed by atoms with Crippen LogP contribution in [0.25, 0.3) is 0 Å². The molecule has 0 aromatic heterocycles. The first-order valence-electron chi connectivity index (χ1n) is 8.44. The van der Waals surface area contributed by atoms with Gasteiger partial charge in [0.1, 0.15) is 24.4 Å². The number of hydrogen-bond acceptors (Lipinski definition) is 8. The van der Waals surface area contributed by atoms with Gasteiger partial charge in [0.25, 0.3) is 10.1 Å². The van der Waals surface area contributed by atoms with Crippen LogP contribution in [-0.4, -0.2) is 64.9 Å². The van der Waals surface area contributed by atoms with Gasteiger partial charge in [-0.15, -0.1) is 0 Å². The average Bonchev–Trinajstić information content (AvgIpc) is 2.62. The quantitative estimate of drug-likeness (QED) is 0.703. The largest absolute Gasteiger partial charge is 0.354 e. The monoisotopic (exact) mass is 401 g/mol. The van der Waals surface area contributed by atoms with Crippen molar-refractivity contribution in [3.8, 4) is 0 Å². The zero-order chi connectivity index (χ0) is 19.6. The zero-order valence-electron chi connectivity index (χ0n) is 15.2. The van der Waals surface area contributed by atoms with Gasteiger partial charge in [-0.1, -0.05) is 30.3 Å². The molecule has 1 N–H and O–H groups in total. The van der Waals surface area contributed by atoms with Crippen molar-refractivity contribution in [2.45, 2.75) is 43.9 Å². The molecule has 1 unspecified atom stereocenters. The molecule has 2 fully saturated rings. The highest BCUT2D eigenvalue weighted by Crippen LogP contribution is 2.35. The summed E-state index contributed by atoms with van der Waals surface area (Å²) >= 11 is 0. The van der Waals surface area contributed by atoms with Crippen molar-refractivity contribution in [2.75, 3.05) is 20.0 Å². The summed E-state index contributed by atoms with van der Waals surface area (Å²) in [6.45, 7) is 1.47. The van der Waals surface area contributed by atoms with E-state index < -0.39 is 47.1 Å². The number of rotatable bonds is 5. The fourth-order valence-electron chi connectivity index (χ4n) is 3.26. The Bertz CT molecular complexity index is 755. The molecule has 1 aromatic rings. The molecule has 0 aliphatic carbocycles. The summed E-state index contributed by atoms with van der Waals surface area (Å²) in [5.41, 5.74) is 0.777. The molecule has 27 heavy (non-hydrogen) atoms. The molecule has 9 nitrogen and oxygen atoms in total. The first kappa shape index (κ1) is 20.2. The highest BCUT2D eigenvalue weighted by Gasteiger charge is 2.52. The van der Waals surface area contributed by atoms with E-state index in [4.69, 9.17) is 23.1 Å². The molecule has 0 spiro atoms. The van der Waals surface area contributed by atoms with Crippen LogP contribution in [0.1, 0.15) is 18.8 Å². The molecule has 3 rings (SSSR count). The lowest BCUT2D eigenvalue weighted by Crippen LogP contribution is -2.67. The number of carbonyl (C=O) groups excluding carboxylic acids is 1. The lowest BCUT2D eigenvalue weighted by Gasteiger charge is -2.48. The SMILES string of the molecule is CO[C@H]1O[C@@H]2COC(c3ccccc3)O[C@H]2[C@H](OS(C)(=O)=O)[C@H]1NC(C)=O. The van der Waals surface area contributed by atoms with Gasteiger partial charge < -0.3 is 24.3 Å². The van der Waals surface area contributed by atoms with Gasteiger partial charge in [0.15, 0.2) is 12.6 Å². The summed E-state index contributed by atoms with van der Waals surface area (Å²) in [5.74, 6) is -0.377. The van der Waals surface area contributed by atoms with Gasteiger partial charge in [-0.3, -0.25) is 8.98 Å². The Balaban J connectivity index is 1.90. The molecular weight excluding hydrogens is 378 g/mol. The number of methoxy groups -OCH3 is 1. The number of amides is 1. The molecule has 150 valence electrons. The van der Waals surface area contributed by atoms with E-state index in [1.807, 2.05) is 30.3 Å². The summed E-state index contributed by atoms with van der Waals surface area (Å²) in [6, 6.07) is 8.35. The normalized spacial score (nSPS) is 33.9. The number of fused-ring (bicyclic) bond motifs is 1. The highest BCUT2D eigenvalue weighted by atomic mass is 32.2. The molecule has 0 radical (unpaired) electrons. The molecule has 1 aromatic carbocycles. The van der Waals surface area contributed by atoms with Gasteiger partial charge in [0, 0.05) is 19.6 Å². The van der Waals surface area contributed by atoms with E-state index in [2.05, 4.69) is 5.32 Å². The zero-order valence-corrected chi connectivity index (χ0v) is 16.0. The van der Waals surface area contributed by atoms with E-state index in [1.54, 1.807) is 0 Å². The van der Waals surface area contributed by atoms with E-state index in [0.717, 1.165) is 11.8 Å². The van der Waals surface area contributed by atoms with Gasteiger partial charge in [0.05, 0.1) is 12.9 Å². The van der Waals surface area contributed by atoms with Crippen LogP contribution in [0.4, 0.5) is 0 Å². The summed E-state index contributed by atoms with van der Waals surface area (Å²) in [5, 5.41) is 2.64. The lowest BCUT2D eigenvalue weighted by molar-refractivity contribution is -0.337. The smallest absolute Gasteiger partial charge is 0.264 e. The van der Waals surface area contributed by atoms with Gasteiger partial charge in [-0.25, -0.2) is 0 Å². The molecule has 2 aliphatic heterocycles. The van der Waals surface area contributed by atoms with Crippen LogP contribution in [0, 0.1) is 0 Å². The van der Waals surface area contributed by atoms with Crippen LogP contribution in [0.3, 0.4) is 0 Å². The van der Waals surface area contributed by atoms with Crippen LogP contribution in [0.15, 0.2) is 30.3 Å². The van der Waals surface area contributed by atoms with Gasteiger partial charge >= 0.3 is 0 Å². The number of benzene rings is 1. The van der Waals surface area contributed by atoms with Crippen molar-refractivity contribution in [3.05, 3.63) is 35.9 Å². The highest BCUT2D eigenvalue weighted by molar-refractivity contribution is 7.86. The third kappa shape index (κ3) is 4.84. The third-order valence-electron chi connectivity index (χ3n) is 4.30. The van der Waals surface area contributed by atoms with Crippen molar-refractivity contribution in [2.24, 2.45) is 0 Å². The van der Waals surface area contributed by atoms with Gasteiger partial charge in [-0.2, -0.15) is 8.42 Å². The molecule has 2 aliphatic rings. The number of nitrogens with one attached hydrogen (secondary N) is 1. The van der Waals surface area contributed by atoms with E-state index in [1.165, 1.54) is 14.0 Å². The van der Waals surface area contributed by atoms with E-state index >= 15 is 0 Å². The van der Waals surface area contributed by atoms with Crippen LogP contribution in [0.5, 0.6) is 0 Å². The molecule has 0 saturated carbocycles. The minimum atomic E-state index is -3.84. The molecule has 6 atom stereocenters. The second-order valence-electron chi connectivity index (χ2n) is 6.45. The standard InChI is InChI=1S/C17H23NO8S/c1-10(19)18-13-15(26-27(3,20)21)14-12(24-17(13)22-2)9-23-16(25-14)11-7-5-4-6-8-11/h4-8,12-17H,9H2,1-3H3,(H,18,19)/t12-,13-,14-,15-,16?,17+/m1/s1. The molecule has 0 bridgehead atoms. The Kier molecular flexibility index (Phi) is 6.14. The Morgan fingerprint density at radius 3 is 2.52 bits per heavy atom. The van der Waals surface area contributed by atoms with E-state index in [-0.39, 0.29) is 12.5 Å². The molecule has 10 heteroatoms. The second kappa shape index (κ2) is 8.21. The topological polar surface area (TPSA) is 109 Å². The molecule has 2 heterocycles. The lowest BCUT2D eigenvalue weighted by atomic mass is 9.95. The second-order valence-corrected chi connectivity index (χ2v) is 8.05. The minimum absolute atomic E-state index is 0.153. The minimum Gasteiger partial charge on any atom is -0.354 e. The van der Waals surface area contributed by atoms with Crippen molar-refractivity contribution in [1.82, 2.24) is 5.32 Å². The molecule has 1 amide bonds. The third-order valence-corrected chi connectivity index (χ3v) is 4.87. The summed E-state index contributed by atoms with van der Waals surface area (Å²) < 4.78 is 51.8. The maximum absolute atomic E-state index is 11.8. The van der Waals surface area contributed by atoms with Gasteiger partial charge in [0.2, 0.25) is 5.91 Å². The summed E-state index contributed by atoms with van der Waals surface area (Å²) in [6.07, 6.45) is -3.13. The Morgan fingerprint density at radius 2 is 1.93 bits per heavy atom. The first-order valence-corrected chi connectivity index (χ1v) is 10.3. The van der Waals surface area contributed by atoms with Crippen LogP contribution >= 0.6 is 0 Å².